The lowest BCUT2D eigenvalue weighted by molar-refractivity contribution is -0.114. The van der Waals surface area contributed by atoms with Gasteiger partial charge in [-0.15, -0.1) is 0 Å². The highest BCUT2D eigenvalue weighted by Gasteiger charge is 2.02. The number of methoxy groups -OCH3 is 1. The van der Waals surface area contributed by atoms with Crippen LogP contribution in [-0.4, -0.2) is 29.5 Å². The fourth-order valence-electron chi connectivity index (χ4n) is 2.61. The standard InChI is InChI=1S/C21H23N5O2/c1-15(27)24-17-5-7-18(8-6-17)25-21-23-14-12-20(26-21)22-13-11-16-3-9-19(28-2)10-4-16/h3-10,12,14H,11,13H2,1-2H3,(H,24,27)(H2,22,23,25,26). The zero-order chi connectivity index (χ0) is 19.8. The molecule has 0 aliphatic heterocycles. The van der Waals surface area contributed by atoms with Crippen molar-refractivity contribution in [1.29, 1.82) is 0 Å². The molecule has 7 heteroatoms. The summed E-state index contributed by atoms with van der Waals surface area (Å²) >= 11 is 0. The molecule has 0 bridgehead atoms. The fourth-order valence-corrected chi connectivity index (χ4v) is 2.61. The second-order valence-corrected chi connectivity index (χ2v) is 6.17. The summed E-state index contributed by atoms with van der Waals surface area (Å²) in [6.45, 7) is 2.24. The highest BCUT2D eigenvalue weighted by molar-refractivity contribution is 5.88. The summed E-state index contributed by atoms with van der Waals surface area (Å²) in [6, 6.07) is 17.2. The van der Waals surface area contributed by atoms with Gasteiger partial charge in [0.1, 0.15) is 11.6 Å². The minimum atomic E-state index is -0.0996. The van der Waals surface area contributed by atoms with Gasteiger partial charge in [0.05, 0.1) is 7.11 Å². The van der Waals surface area contributed by atoms with Crippen LogP contribution in [0.4, 0.5) is 23.1 Å². The van der Waals surface area contributed by atoms with E-state index in [-0.39, 0.29) is 5.91 Å². The number of aromatic nitrogens is 2. The van der Waals surface area contributed by atoms with Gasteiger partial charge in [0, 0.05) is 31.0 Å². The van der Waals surface area contributed by atoms with Crippen LogP contribution in [0.1, 0.15) is 12.5 Å². The molecule has 0 saturated carbocycles. The van der Waals surface area contributed by atoms with Gasteiger partial charge >= 0.3 is 0 Å². The summed E-state index contributed by atoms with van der Waals surface area (Å²) in [4.78, 5) is 19.8. The molecular formula is C21H23N5O2. The molecule has 3 rings (SSSR count). The average molecular weight is 377 g/mol. The molecule has 0 saturated heterocycles. The molecule has 28 heavy (non-hydrogen) atoms. The van der Waals surface area contributed by atoms with Crippen molar-refractivity contribution in [2.75, 3.05) is 29.6 Å². The third kappa shape index (κ3) is 5.70. The number of anilines is 4. The molecule has 0 radical (unpaired) electrons. The van der Waals surface area contributed by atoms with Crippen LogP contribution >= 0.6 is 0 Å². The van der Waals surface area contributed by atoms with Crippen LogP contribution in [0.2, 0.25) is 0 Å². The molecule has 0 spiro atoms. The second-order valence-electron chi connectivity index (χ2n) is 6.17. The first-order chi connectivity index (χ1) is 13.6. The number of nitrogens with zero attached hydrogens (tertiary/aromatic N) is 2. The first-order valence-electron chi connectivity index (χ1n) is 8.97. The number of nitrogens with one attached hydrogen (secondary N) is 3. The van der Waals surface area contributed by atoms with Crippen molar-refractivity contribution >= 4 is 29.0 Å². The molecule has 0 aliphatic rings. The van der Waals surface area contributed by atoms with Crippen molar-refractivity contribution in [3.63, 3.8) is 0 Å². The Hall–Kier alpha value is -3.61. The van der Waals surface area contributed by atoms with Gasteiger partial charge in [0.25, 0.3) is 0 Å². The van der Waals surface area contributed by atoms with Gasteiger partial charge in [0.15, 0.2) is 0 Å². The predicted molar refractivity (Wildman–Crippen MR) is 111 cm³/mol. The Morgan fingerprint density at radius 3 is 2.39 bits per heavy atom. The number of ether oxygens (including phenoxy) is 1. The highest BCUT2D eigenvalue weighted by Crippen LogP contribution is 2.17. The number of amides is 1. The number of hydrogen-bond donors (Lipinski definition) is 3. The second kappa shape index (κ2) is 9.36. The molecule has 0 fully saturated rings. The van der Waals surface area contributed by atoms with E-state index in [1.165, 1.54) is 12.5 Å². The maximum Gasteiger partial charge on any atom is 0.229 e. The van der Waals surface area contributed by atoms with Gasteiger partial charge in [-0.3, -0.25) is 4.79 Å². The predicted octanol–water partition coefficient (Wildman–Crippen LogP) is 3.84. The van der Waals surface area contributed by atoms with Crippen LogP contribution in [0, 0.1) is 0 Å². The van der Waals surface area contributed by atoms with Crippen LogP contribution < -0.4 is 20.7 Å². The van der Waals surface area contributed by atoms with Crippen LogP contribution in [-0.2, 0) is 11.2 Å². The lowest BCUT2D eigenvalue weighted by Crippen LogP contribution is -2.08. The van der Waals surface area contributed by atoms with Crippen molar-refractivity contribution < 1.29 is 9.53 Å². The van der Waals surface area contributed by atoms with Gasteiger partial charge in [-0.25, -0.2) is 4.98 Å². The first-order valence-corrected chi connectivity index (χ1v) is 8.97. The summed E-state index contributed by atoms with van der Waals surface area (Å²) < 4.78 is 5.17. The summed E-state index contributed by atoms with van der Waals surface area (Å²) in [6.07, 6.45) is 2.58. The minimum absolute atomic E-state index is 0.0996. The van der Waals surface area contributed by atoms with Gasteiger partial charge in [-0.2, -0.15) is 4.98 Å². The first kappa shape index (κ1) is 19.2. The Labute approximate surface area is 164 Å². The van der Waals surface area contributed by atoms with Crippen molar-refractivity contribution in [3.05, 3.63) is 66.4 Å². The Balaban J connectivity index is 1.53. The van der Waals surface area contributed by atoms with Gasteiger partial charge in [-0.05, 0) is 54.4 Å². The third-order valence-electron chi connectivity index (χ3n) is 4.00. The quantitative estimate of drug-likeness (QED) is 0.553. The number of carbonyl (C=O) groups excluding carboxylic acids is 1. The normalized spacial score (nSPS) is 10.2. The van der Waals surface area contributed by atoms with Crippen LogP contribution in [0.25, 0.3) is 0 Å². The van der Waals surface area contributed by atoms with Crippen LogP contribution in [0.15, 0.2) is 60.8 Å². The smallest absolute Gasteiger partial charge is 0.229 e. The summed E-state index contributed by atoms with van der Waals surface area (Å²) in [7, 11) is 1.66. The fraction of sp³-hybridized carbons (Fsp3) is 0.190. The SMILES string of the molecule is COc1ccc(CCNc2ccnc(Nc3ccc(NC(C)=O)cc3)n2)cc1. The van der Waals surface area contributed by atoms with Gasteiger partial charge in [-0.1, -0.05) is 12.1 Å². The highest BCUT2D eigenvalue weighted by atomic mass is 16.5. The molecule has 1 amide bonds. The molecule has 1 aromatic heterocycles. The lowest BCUT2D eigenvalue weighted by atomic mass is 10.1. The van der Waals surface area contributed by atoms with E-state index in [1.54, 1.807) is 13.3 Å². The van der Waals surface area contributed by atoms with E-state index in [1.807, 2.05) is 42.5 Å². The zero-order valence-electron chi connectivity index (χ0n) is 15.9. The number of carbonyl (C=O) groups is 1. The van der Waals surface area contributed by atoms with E-state index in [0.29, 0.717) is 5.95 Å². The van der Waals surface area contributed by atoms with E-state index in [9.17, 15) is 4.79 Å². The van der Waals surface area contributed by atoms with E-state index in [2.05, 4.69) is 38.1 Å². The minimum Gasteiger partial charge on any atom is -0.497 e. The molecule has 0 unspecified atom stereocenters. The van der Waals surface area contributed by atoms with Crippen molar-refractivity contribution in [3.8, 4) is 5.75 Å². The summed E-state index contributed by atoms with van der Waals surface area (Å²) in [5.41, 5.74) is 2.80. The summed E-state index contributed by atoms with van der Waals surface area (Å²) in [5.74, 6) is 2.01. The van der Waals surface area contributed by atoms with E-state index in [4.69, 9.17) is 4.74 Å². The van der Waals surface area contributed by atoms with Gasteiger partial charge < -0.3 is 20.7 Å². The monoisotopic (exact) mass is 377 g/mol. The van der Waals surface area contributed by atoms with Crippen molar-refractivity contribution in [2.45, 2.75) is 13.3 Å². The largest absolute Gasteiger partial charge is 0.497 e. The van der Waals surface area contributed by atoms with Crippen LogP contribution in [0.3, 0.4) is 0 Å². The maximum absolute atomic E-state index is 11.1. The molecule has 3 aromatic rings. The Bertz CT molecular complexity index is 911. The molecule has 0 atom stereocenters. The molecule has 7 nitrogen and oxygen atoms in total. The number of benzene rings is 2. The number of rotatable bonds is 8. The Morgan fingerprint density at radius 2 is 1.71 bits per heavy atom. The molecule has 1 heterocycles. The molecule has 0 aliphatic carbocycles. The molecule has 3 N–H and O–H groups in total. The Morgan fingerprint density at radius 1 is 1.00 bits per heavy atom. The molecule has 2 aromatic carbocycles. The van der Waals surface area contributed by atoms with E-state index < -0.39 is 0 Å². The van der Waals surface area contributed by atoms with Crippen molar-refractivity contribution in [1.82, 2.24) is 9.97 Å². The Kier molecular flexibility index (Phi) is 6.41. The summed E-state index contributed by atoms with van der Waals surface area (Å²) in [5, 5.41) is 9.20. The van der Waals surface area contributed by atoms with Gasteiger partial charge in [0.2, 0.25) is 11.9 Å². The third-order valence-corrected chi connectivity index (χ3v) is 4.00. The topological polar surface area (TPSA) is 88.2 Å². The zero-order valence-corrected chi connectivity index (χ0v) is 15.9. The lowest BCUT2D eigenvalue weighted by Gasteiger charge is -2.09. The average Bonchev–Trinajstić information content (AvgIpc) is 2.70. The van der Waals surface area contributed by atoms with Crippen molar-refractivity contribution in [2.24, 2.45) is 0 Å². The van der Waals surface area contributed by atoms with E-state index in [0.717, 1.165) is 35.9 Å². The molecule has 144 valence electrons. The van der Waals surface area contributed by atoms with Crippen LogP contribution in [0.5, 0.6) is 5.75 Å². The molecular weight excluding hydrogens is 354 g/mol. The maximum atomic E-state index is 11.1. The number of hydrogen-bond acceptors (Lipinski definition) is 6. The van der Waals surface area contributed by atoms with E-state index >= 15 is 0 Å².